The third-order valence-electron chi connectivity index (χ3n) is 4.96. The molecule has 7 nitrogen and oxygen atoms in total. The van der Waals surface area contributed by atoms with Crippen LogP contribution in [0.1, 0.15) is 26.5 Å². The number of benzene rings is 2. The van der Waals surface area contributed by atoms with E-state index in [4.69, 9.17) is 27.9 Å². The van der Waals surface area contributed by atoms with E-state index in [1.807, 2.05) is 12.3 Å². The first kappa shape index (κ1) is 22.0. The van der Waals surface area contributed by atoms with Crippen molar-refractivity contribution in [2.45, 2.75) is 12.0 Å². The second kappa shape index (κ2) is 9.48. The predicted molar refractivity (Wildman–Crippen MR) is 123 cm³/mol. The van der Waals surface area contributed by atoms with Gasteiger partial charge in [0.1, 0.15) is 11.3 Å². The number of carbonyl (C=O) groups is 2. The van der Waals surface area contributed by atoms with E-state index in [1.165, 1.54) is 6.07 Å². The quantitative estimate of drug-likeness (QED) is 0.579. The van der Waals surface area contributed by atoms with E-state index >= 15 is 0 Å². The van der Waals surface area contributed by atoms with Gasteiger partial charge in [0, 0.05) is 17.1 Å². The Labute approximate surface area is 193 Å². The van der Waals surface area contributed by atoms with Gasteiger partial charge in [-0.3, -0.25) is 9.59 Å². The van der Waals surface area contributed by atoms with Crippen LogP contribution in [0, 0.1) is 0 Å². The number of hydrogen-bond donors (Lipinski definition) is 2. The minimum absolute atomic E-state index is 0.0456. The minimum Gasteiger partial charge on any atom is -0.364 e. The number of morpholine rings is 1. The molecule has 1 aromatic heterocycles. The third-order valence-corrected chi connectivity index (χ3v) is 6.32. The van der Waals surface area contributed by atoms with Gasteiger partial charge in [-0.25, -0.2) is 4.98 Å². The van der Waals surface area contributed by atoms with Gasteiger partial charge in [0.25, 0.3) is 11.8 Å². The molecule has 0 radical (unpaired) electrons. The lowest BCUT2D eigenvalue weighted by atomic mass is 10.1. The number of H-pyrrole nitrogens is 1. The number of fused-ring (bicyclic) bond motifs is 1. The van der Waals surface area contributed by atoms with Crippen molar-refractivity contribution in [3.05, 3.63) is 63.4 Å². The molecule has 0 spiro atoms. The number of carbonyl (C=O) groups excluding carboxylic acids is 2. The highest BCUT2D eigenvalue weighted by molar-refractivity contribution is 7.99. The van der Waals surface area contributed by atoms with Crippen molar-refractivity contribution in [3.63, 3.8) is 0 Å². The summed E-state index contributed by atoms with van der Waals surface area (Å²) < 4.78 is 5.58. The summed E-state index contributed by atoms with van der Waals surface area (Å²) in [4.78, 5) is 34.7. The molecular formula is C21H20Cl2N4O3S. The number of aromatic nitrogens is 2. The molecule has 1 aliphatic rings. The molecule has 2 aromatic carbocycles. The summed E-state index contributed by atoms with van der Waals surface area (Å²) in [5.74, 6) is 0.132. The van der Waals surface area contributed by atoms with Crippen LogP contribution < -0.4 is 5.32 Å². The topological polar surface area (TPSA) is 87.3 Å². The Kier molecular flexibility index (Phi) is 6.71. The smallest absolute Gasteiger partial charge is 0.255 e. The Morgan fingerprint density at radius 3 is 2.90 bits per heavy atom. The fraction of sp³-hybridized carbons (Fsp3) is 0.286. The summed E-state index contributed by atoms with van der Waals surface area (Å²) >= 11 is 13.9. The molecule has 2 N–H and O–H groups in total. The molecule has 0 bridgehead atoms. The lowest BCUT2D eigenvalue weighted by molar-refractivity contribution is 0.0172. The summed E-state index contributed by atoms with van der Waals surface area (Å²) in [5, 5.41) is 3.64. The molecule has 2 amide bonds. The zero-order valence-corrected chi connectivity index (χ0v) is 19.0. The number of hydrogen-bond acceptors (Lipinski definition) is 5. The van der Waals surface area contributed by atoms with Crippen molar-refractivity contribution >= 4 is 57.8 Å². The highest BCUT2D eigenvalue weighted by atomic mass is 35.5. The number of ether oxygens (including phenoxy) is 1. The monoisotopic (exact) mass is 478 g/mol. The molecule has 1 aliphatic heterocycles. The number of rotatable bonds is 5. The van der Waals surface area contributed by atoms with Crippen LogP contribution in [-0.2, 0) is 11.3 Å². The first-order valence-corrected chi connectivity index (χ1v) is 11.6. The number of amides is 2. The minimum atomic E-state index is -0.312. The predicted octanol–water partition coefficient (Wildman–Crippen LogP) is 3.96. The van der Waals surface area contributed by atoms with Gasteiger partial charge in [0.05, 0.1) is 41.3 Å². The second-order valence-corrected chi connectivity index (χ2v) is 8.85. The van der Waals surface area contributed by atoms with Crippen molar-refractivity contribution in [2.24, 2.45) is 0 Å². The van der Waals surface area contributed by atoms with Gasteiger partial charge in [-0.2, -0.15) is 0 Å². The normalized spacial score (nSPS) is 16.5. The molecule has 162 valence electrons. The lowest BCUT2D eigenvalue weighted by Crippen LogP contribution is -2.44. The molecule has 1 unspecified atom stereocenters. The number of imidazole rings is 1. The Hall–Kier alpha value is -2.26. The van der Waals surface area contributed by atoms with Crippen LogP contribution in [0.3, 0.4) is 0 Å². The maximum atomic E-state index is 12.8. The van der Waals surface area contributed by atoms with Crippen LogP contribution in [-0.4, -0.2) is 58.1 Å². The summed E-state index contributed by atoms with van der Waals surface area (Å²) in [6.07, 6.45) is 1.94. The molecule has 2 heterocycles. The molecule has 0 aliphatic carbocycles. The Bertz CT molecular complexity index is 1140. The number of thioether (sulfide) groups is 1. The molecule has 4 rings (SSSR count). The summed E-state index contributed by atoms with van der Waals surface area (Å²) in [6.45, 7) is 1.72. The van der Waals surface area contributed by atoms with E-state index in [1.54, 1.807) is 40.9 Å². The van der Waals surface area contributed by atoms with Crippen molar-refractivity contribution in [1.82, 2.24) is 20.2 Å². The molecule has 10 heteroatoms. The number of nitrogens with zero attached hydrogens (tertiary/aromatic N) is 2. The average Bonchev–Trinajstić information content (AvgIpc) is 3.19. The largest absolute Gasteiger partial charge is 0.364 e. The lowest BCUT2D eigenvalue weighted by Gasteiger charge is -2.32. The van der Waals surface area contributed by atoms with Crippen molar-refractivity contribution in [2.75, 3.05) is 26.0 Å². The first-order valence-electron chi connectivity index (χ1n) is 9.60. The van der Waals surface area contributed by atoms with Crippen LogP contribution in [0.4, 0.5) is 0 Å². The Morgan fingerprint density at radius 1 is 1.29 bits per heavy atom. The maximum Gasteiger partial charge on any atom is 0.255 e. The van der Waals surface area contributed by atoms with Crippen LogP contribution in [0.2, 0.25) is 10.0 Å². The summed E-state index contributed by atoms with van der Waals surface area (Å²) in [7, 11) is 0. The second-order valence-electron chi connectivity index (χ2n) is 7.01. The van der Waals surface area contributed by atoms with E-state index in [9.17, 15) is 9.59 Å². The van der Waals surface area contributed by atoms with Gasteiger partial charge in [-0.1, -0.05) is 23.2 Å². The van der Waals surface area contributed by atoms with Gasteiger partial charge in [-0.15, -0.1) is 11.8 Å². The fourth-order valence-electron chi connectivity index (χ4n) is 3.33. The van der Waals surface area contributed by atoms with Crippen LogP contribution in [0.25, 0.3) is 11.0 Å². The molecule has 3 aromatic rings. The third kappa shape index (κ3) is 4.98. The van der Waals surface area contributed by atoms with Crippen LogP contribution in [0.5, 0.6) is 0 Å². The van der Waals surface area contributed by atoms with Crippen LogP contribution >= 0.6 is 35.0 Å². The maximum absolute atomic E-state index is 12.8. The number of halogens is 2. The van der Waals surface area contributed by atoms with Gasteiger partial charge in [-0.05, 0) is 42.7 Å². The number of nitrogens with one attached hydrogen (secondary N) is 2. The Balaban J connectivity index is 1.41. The summed E-state index contributed by atoms with van der Waals surface area (Å²) in [6, 6.07) is 10.1. The van der Waals surface area contributed by atoms with E-state index < -0.39 is 0 Å². The average molecular weight is 479 g/mol. The molecular weight excluding hydrogens is 459 g/mol. The van der Waals surface area contributed by atoms with Crippen molar-refractivity contribution in [3.8, 4) is 0 Å². The van der Waals surface area contributed by atoms with Gasteiger partial charge in [0.15, 0.2) is 0 Å². The first-order chi connectivity index (χ1) is 14.9. The van der Waals surface area contributed by atoms with E-state index in [0.29, 0.717) is 41.7 Å². The zero-order chi connectivity index (χ0) is 22.0. The van der Waals surface area contributed by atoms with Crippen LogP contribution in [0.15, 0.2) is 36.4 Å². The SMILES string of the molecule is CSC1CN(C(=O)c2ccc(C(=O)NCc3nc4cc(Cl)ccc4[nH]3)cc2Cl)CCO1. The summed E-state index contributed by atoms with van der Waals surface area (Å²) in [5.41, 5.74) is 2.26. The Morgan fingerprint density at radius 2 is 2.13 bits per heavy atom. The molecule has 1 fully saturated rings. The zero-order valence-electron chi connectivity index (χ0n) is 16.7. The standard InChI is InChI=1S/C21H20Cl2N4O3S/c1-31-19-11-27(6-7-30-19)21(29)14-4-2-12(8-15(14)23)20(28)24-10-18-25-16-5-3-13(22)9-17(16)26-18/h2-5,8-9,19H,6-7,10-11H2,1H3,(H,24,28)(H,25,26). The molecule has 1 saturated heterocycles. The fourth-order valence-corrected chi connectivity index (χ4v) is 4.32. The van der Waals surface area contributed by atoms with E-state index in [-0.39, 0.29) is 28.8 Å². The van der Waals surface area contributed by atoms with E-state index in [0.717, 1.165) is 11.0 Å². The van der Waals surface area contributed by atoms with Gasteiger partial charge in [0.2, 0.25) is 0 Å². The molecule has 0 saturated carbocycles. The van der Waals surface area contributed by atoms with Crippen molar-refractivity contribution in [1.29, 1.82) is 0 Å². The highest BCUT2D eigenvalue weighted by Gasteiger charge is 2.26. The number of aromatic amines is 1. The van der Waals surface area contributed by atoms with Gasteiger partial charge >= 0.3 is 0 Å². The molecule has 1 atom stereocenters. The molecule has 31 heavy (non-hydrogen) atoms. The highest BCUT2D eigenvalue weighted by Crippen LogP contribution is 2.23. The van der Waals surface area contributed by atoms with E-state index in [2.05, 4.69) is 15.3 Å². The van der Waals surface area contributed by atoms with Gasteiger partial charge < -0.3 is 19.9 Å². The van der Waals surface area contributed by atoms with Crippen molar-refractivity contribution < 1.29 is 14.3 Å².